The Bertz CT molecular complexity index is 1270. The number of thiazole rings is 1. The Hall–Kier alpha value is -3.39. The predicted molar refractivity (Wildman–Crippen MR) is 139 cm³/mol. The summed E-state index contributed by atoms with van der Waals surface area (Å²) in [7, 11) is 0. The number of nitrogens with two attached hydrogens (primary N) is 1. The quantitative estimate of drug-likeness (QED) is 0.296. The van der Waals surface area contributed by atoms with Gasteiger partial charge in [0.25, 0.3) is 0 Å². The number of primary amides is 1. The SMILES string of the molecule is CC(C)(F)C(c1cc(F)cc(C#N)c1)C1CN(Cc2ccc(Cl)cc2)C1.N=C(OC(N)=O)c1cscn1. The van der Waals surface area contributed by atoms with E-state index in [0.717, 1.165) is 25.2 Å². The molecule has 7 nitrogen and oxygen atoms in total. The number of hydrogen-bond acceptors (Lipinski definition) is 7. The van der Waals surface area contributed by atoms with Gasteiger partial charge in [-0.15, -0.1) is 11.3 Å². The maximum atomic E-state index is 14.9. The summed E-state index contributed by atoms with van der Waals surface area (Å²) >= 11 is 7.22. The Morgan fingerprint density at radius 3 is 2.57 bits per heavy atom. The molecule has 2 aromatic carbocycles. The Balaban J connectivity index is 0.000000289. The van der Waals surface area contributed by atoms with Crippen LogP contribution in [0.3, 0.4) is 0 Å². The first-order valence-corrected chi connectivity index (χ1v) is 12.6. The van der Waals surface area contributed by atoms with Crippen LogP contribution in [0.15, 0.2) is 53.4 Å². The molecule has 1 amide bonds. The molecule has 194 valence electrons. The summed E-state index contributed by atoms with van der Waals surface area (Å²) in [6, 6.07) is 13.8. The topological polar surface area (TPSA) is 116 Å². The summed E-state index contributed by atoms with van der Waals surface area (Å²) in [5.41, 5.74) is 6.96. The minimum atomic E-state index is -1.50. The number of likely N-dealkylation sites (tertiary alicyclic amines) is 1. The van der Waals surface area contributed by atoms with Crippen LogP contribution in [0.5, 0.6) is 0 Å². The maximum Gasteiger partial charge on any atom is 0.411 e. The zero-order valence-corrected chi connectivity index (χ0v) is 21.8. The van der Waals surface area contributed by atoms with E-state index in [-0.39, 0.29) is 17.4 Å². The number of halogens is 3. The zero-order chi connectivity index (χ0) is 27.2. The van der Waals surface area contributed by atoms with E-state index in [1.165, 1.54) is 42.8 Å². The largest absolute Gasteiger partial charge is 0.411 e. The molecule has 0 radical (unpaired) electrons. The lowest BCUT2D eigenvalue weighted by Gasteiger charge is -2.46. The Labute approximate surface area is 223 Å². The van der Waals surface area contributed by atoms with Crippen molar-refractivity contribution in [3.63, 3.8) is 0 Å². The number of hydrogen-bond donors (Lipinski definition) is 2. The number of nitriles is 1. The van der Waals surface area contributed by atoms with Gasteiger partial charge in [-0.1, -0.05) is 23.7 Å². The summed E-state index contributed by atoms with van der Waals surface area (Å²) in [4.78, 5) is 16.1. The van der Waals surface area contributed by atoms with Crippen molar-refractivity contribution in [1.29, 1.82) is 10.7 Å². The minimum Gasteiger partial charge on any atom is -0.390 e. The van der Waals surface area contributed by atoms with Crippen LogP contribution in [0.2, 0.25) is 5.02 Å². The number of carbonyl (C=O) groups excluding carboxylic acids is 1. The number of aromatic nitrogens is 1. The molecule has 3 aromatic rings. The lowest BCUT2D eigenvalue weighted by Crippen LogP contribution is -2.51. The van der Waals surface area contributed by atoms with Gasteiger partial charge in [0.15, 0.2) is 0 Å². The number of nitrogens with zero attached hydrogens (tertiary/aromatic N) is 3. The zero-order valence-electron chi connectivity index (χ0n) is 20.2. The van der Waals surface area contributed by atoms with Crippen LogP contribution < -0.4 is 5.73 Å². The molecule has 0 spiro atoms. The maximum absolute atomic E-state index is 14.9. The van der Waals surface area contributed by atoms with Crippen molar-refractivity contribution in [2.45, 2.75) is 32.0 Å². The van der Waals surface area contributed by atoms with Gasteiger partial charge < -0.3 is 10.5 Å². The normalized spacial score (nSPS) is 14.5. The third kappa shape index (κ3) is 8.05. The van der Waals surface area contributed by atoms with Crippen molar-refractivity contribution in [3.8, 4) is 6.07 Å². The van der Waals surface area contributed by atoms with E-state index in [9.17, 15) is 13.6 Å². The first kappa shape index (κ1) is 28.2. The molecule has 0 saturated carbocycles. The fraction of sp³-hybridized carbons (Fsp3) is 0.308. The van der Waals surface area contributed by atoms with Crippen molar-refractivity contribution in [3.05, 3.63) is 86.6 Å². The summed E-state index contributed by atoms with van der Waals surface area (Å²) in [5.74, 6) is -1.19. The molecule has 0 bridgehead atoms. The van der Waals surface area contributed by atoms with Crippen LogP contribution in [0.4, 0.5) is 13.6 Å². The molecule has 1 saturated heterocycles. The van der Waals surface area contributed by atoms with Gasteiger partial charge in [0.2, 0.25) is 5.90 Å². The van der Waals surface area contributed by atoms with Gasteiger partial charge in [0.05, 0.1) is 17.1 Å². The van der Waals surface area contributed by atoms with Crippen LogP contribution in [-0.2, 0) is 11.3 Å². The van der Waals surface area contributed by atoms with Crippen molar-refractivity contribution in [2.24, 2.45) is 11.7 Å². The lowest BCUT2D eigenvalue weighted by molar-refractivity contribution is 0.0212. The molecular formula is C26H26ClF2N5O2S. The van der Waals surface area contributed by atoms with Gasteiger partial charge in [-0.25, -0.2) is 18.6 Å². The first-order valence-electron chi connectivity index (χ1n) is 11.3. The summed E-state index contributed by atoms with van der Waals surface area (Å²) in [6.07, 6.45) is -0.997. The van der Waals surface area contributed by atoms with Crippen molar-refractivity contribution >= 4 is 34.9 Å². The molecule has 1 atom stereocenters. The Kier molecular flexibility index (Phi) is 9.32. The van der Waals surface area contributed by atoms with Crippen LogP contribution in [0.1, 0.15) is 42.1 Å². The number of nitrogens with one attached hydrogen (secondary N) is 1. The average molecular weight is 546 g/mol. The van der Waals surface area contributed by atoms with Gasteiger partial charge in [0.1, 0.15) is 17.2 Å². The van der Waals surface area contributed by atoms with Crippen LogP contribution in [0, 0.1) is 28.5 Å². The number of amides is 1. The minimum absolute atomic E-state index is 0.0793. The first-order chi connectivity index (χ1) is 17.5. The van der Waals surface area contributed by atoms with E-state index < -0.39 is 23.5 Å². The summed E-state index contributed by atoms with van der Waals surface area (Å²) < 4.78 is 33.0. The fourth-order valence-electron chi connectivity index (χ4n) is 4.36. The molecule has 3 N–H and O–H groups in total. The highest BCUT2D eigenvalue weighted by Gasteiger charge is 2.43. The molecule has 11 heteroatoms. The highest BCUT2D eigenvalue weighted by Crippen LogP contribution is 2.42. The van der Waals surface area contributed by atoms with Gasteiger partial charge in [0, 0.05) is 36.0 Å². The van der Waals surface area contributed by atoms with Crippen LogP contribution in [-0.4, -0.2) is 40.6 Å². The molecule has 37 heavy (non-hydrogen) atoms. The number of benzene rings is 2. The van der Waals surface area contributed by atoms with E-state index in [4.69, 9.17) is 22.3 Å². The Morgan fingerprint density at radius 1 is 1.35 bits per heavy atom. The van der Waals surface area contributed by atoms with Gasteiger partial charge in [-0.3, -0.25) is 10.3 Å². The second-order valence-electron chi connectivity index (χ2n) is 9.13. The molecule has 1 aromatic heterocycles. The number of rotatable bonds is 6. The third-order valence-electron chi connectivity index (χ3n) is 5.79. The fourth-order valence-corrected chi connectivity index (χ4v) is 5.02. The lowest BCUT2D eigenvalue weighted by atomic mass is 9.73. The summed E-state index contributed by atoms with van der Waals surface area (Å²) in [5, 5.41) is 18.5. The van der Waals surface area contributed by atoms with E-state index >= 15 is 0 Å². The number of alkyl halides is 1. The number of ether oxygens (including phenoxy) is 1. The molecule has 2 heterocycles. The van der Waals surface area contributed by atoms with Crippen molar-refractivity contribution < 1.29 is 18.3 Å². The Morgan fingerprint density at radius 2 is 2.03 bits per heavy atom. The van der Waals surface area contributed by atoms with E-state index in [1.807, 2.05) is 30.3 Å². The van der Waals surface area contributed by atoms with Crippen molar-refractivity contribution in [1.82, 2.24) is 9.88 Å². The van der Waals surface area contributed by atoms with E-state index in [2.05, 4.69) is 20.4 Å². The van der Waals surface area contributed by atoms with E-state index in [1.54, 1.807) is 11.4 Å². The molecule has 1 unspecified atom stereocenters. The van der Waals surface area contributed by atoms with Gasteiger partial charge in [-0.2, -0.15) is 5.26 Å². The van der Waals surface area contributed by atoms with Crippen LogP contribution in [0.25, 0.3) is 0 Å². The monoisotopic (exact) mass is 545 g/mol. The average Bonchev–Trinajstić information content (AvgIpc) is 3.33. The van der Waals surface area contributed by atoms with Crippen LogP contribution >= 0.6 is 22.9 Å². The molecule has 4 rings (SSSR count). The highest BCUT2D eigenvalue weighted by molar-refractivity contribution is 7.07. The predicted octanol–water partition coefficient (Wildman–Crippen LogP) is 5.88. The van der Waals surface area contributed by atoms with Crippen molar-refractivity contribution in [2.75, 3.05) is 13.1 Å². The summed E-state index contributed by atoms with van der Waals surface area (Å²) in [6.45, 7) is 5.30. The van der Waals surface area contributed by atoms with Gasteiger partial charge >= 0.3 is 6.09 Å². The second kappa shape index (κ2) is 12.2. The third-order valence-corrected chi connectivity index (χ3v) is 6.63. The molecule has 1 fully saturated rings. The number of carbonyl (C=O) groups is 1. The van der Waals surface area contributed by atoms with Gasteiger partial charge in [-0.05, 0) is 61.2 Å². The molecule has 1 aliphatic rings. The molecule has 1 aliphatic heterocycles. The smallest absolute Gasteiger partial charge is 0.390 e. The molecule has 0 aliphatic carbocycles. The standard InChI is InChI=1S/C21H21ClF2N2.C5H5N3O2S/c1-21(2,24)20(16-7-15(10-25)8-19(23)9-16)17-12-26(13-17)11-14-3-5-18(22)6-4-14;6-4(10-5(7)9)3-1-11-2-8-3/h3-9,17,20H,11-13H2,1-2H3;1-2,6H,(H2,7,9). The van der Waals surface area contributed by atoms with E-state index in [0.29, 0.717) is 16.3 Å². The second-order valence-corrected chi connectivity index (χ2v) is 10.3. The highest BCUT2D eigenvalue weighted by atomic mass is 35.5. The molecular weight excluding hydrogens is 520 g/mol.